The zero-order valence-electron chi connectivity index (χ0n) is 12.4. The summed E-state index contributed by atoms with van der Waals surface area (Å²) >= 11 is 0. The summed E-state index contributed by atoms with van der Waals surface area (Å²) in [6.45, 7) is 2.34. The molecule has 2 heteroatoms. The average molecular weight is 274 g/mol. The number of fused-ring (bicyclic) bond motifs is 4. The molecule has 4 rings (SSSR count). The monoisotopic (exact) mass is 274 g/mol. The van der Waals surface area contributed by atoms with E-state index < -0.39 is 0 Å². The normalized spacial score (nSPS) is 47.4. The Kier molecular flexibility index (Phi) is 2.82. The molecule has 2 fully saturated rings. The third-order valence-corrected chi connectivity index (χ3v) is 6.99. The van der Waals surface area contributed by atoms with Gasteiger partial charge >= 0.3 is 0 Å². The van der Waals surface area contributed by atoms with Crippen molar-refractivity contribution in [1.82, 2.24) is 0 Å². The number of rotatable bonds is 0. The van der Waals surface area contributed by atoms with Crippen LogP contribution in [0.2, 0.25) is 0 Å². The summed E-state index contributed by atoms with van der Waals surface area (Å²) in [5.74, 6) is 2.84. The van der Waals surface area contributed by atoms with Crippen LogP contribution in [0.1, 0.15) is 58.3 Å². The molecule has 0 aromatic carbocycles. The maximum Gasteiger partial charge on any atom is 0.0928 e. The predicted octanol–water partition coefficient (Wildman–Crippen LogP) is 4.12. The largest absolute Gasteiger partial charge is 0.512 e. The molecule has 2 saturated carbocycles. The molecule has 0 saturated heterocycles. The summed E-state index contributed by atoms with van der Waals surface area (Å²) in [5.41, 5.74) is 3.28. The molecule has 0 aliphatic heterocycles. The van der Waals surface area contributed by atoms with Gasteiger partial charge in [0.2, 0.25) is 0 Å². The van der Waals surface area contributed by atoms with Crippen LogP contribution in [0.5, 0.6) is 0 Å². The SMILES string of the molecule is C[C@]12CC[C@@H]3C4=C(C=C(O)CC4)CC[C@H]3[C@@H]1CC[C@@H]2O. The van der Waals surface area contributed by atoms with Crippen molar-refractivity contribution in [3.8, 4) is 0 Å². The highest BCUT2D eigenvalue weighted by Gasteiger charge is 2.54. The van der Waals surface area contributed by atoms with Gasteiger partial charge in [0.15, 0.2) is 0 Å². The number of allylic oxidation sites excluding steroid dienone is 4. The van der Waals surface area contributed by atoms with Crippen LogP contribution >= 0.6 is 0 Å². The van der Waals surface area contributed by atoms with Crippen molar-refractivity contribution in [3.05, 3.63) is 23.0 Å². The van der Waals surface area contributed by atoms with Crippen LogP contribution in [-0.2, 0) is 0 Å². The summed E-state index contributed by atoms with van der Waals surface area (Å²) in [6.07, 6.45) is 11.0. The van der Waals surface area contributed by atoms with Crippen molar-refractivity contribution in [2.24, 2.45) is 23.2 Å². The molecule has 5 atom stereocenters. The molecule has 2 N–H and O–H groups in total. The summed E-state index contributed by atoms with van der Waals surface area (Å²) in [4.78, 5) is 0. The molecule has 0 heterocycles. The van der Waals surface area contributed by atoms with E-state index in [1.54, 1.807) is 5.57 Å². The summed E-state index contributed by atoms with van der Waals surface area (Å²) in [5, 5.41) is 20.2. The van der Waals surface area contributed by atoms with Gasteiger partial charge in [-0.15, -0.1) is 0 Å². The van der Waals surface area contributed by atoms with Crippen molar-refractivity contribution >= 4 is 0 Å². The minimum absolute atomic E-state index is 0.0703. The third-order valence-electron chi connectivity index (χ3n) is 6.99. The van der Waals surface area contributed by atoms with Crippen LogP contribution in [0.4, 0.5) is 0 Å². The van der Waals surface area contributed by atoms with E-state index in [-0.39, 0.29) is 11.5 Å². The molecule has 2 nitrogen and oxygen atoms in total. The van der Waals surface area contributed by atoms with E-state index in [1.807, 2.05) is 6.08 Å². The zero-order chi connectivity index (χ0) is 13.9. The first-order valence-electron chi connectivity index (χ1n) is 8.39. The second-order valence-electron chi connectivity index (χ2n) is 7.74. The minimum atomic E-state index is -0.0703. The van der Waals surface area contributed by atoms with Gasteiger partial charge in [0.05, 0.1) is 11.9 Å². The predicted molar refractivity (Wildman–Crippen MR) is 79.3 cm³/mol. The third kappa shape index (κ3) is 1.67. The van der Waals surface area contributed by atoms with E-state index in [0.29, 0.717) is 5.76 Å². The second kappa shape index (κ2) is 4.37. The molecule has 0 aromatic rings. The standard InChI is InChI=1S/C18H26O2/c1-18-9-8-14-13-5-3-12(19)10-11(13)2-4-15(14)16(18)6-7-17(18)20/h10,14-17,19-20H,2-9H2,1H3/t14-,15-,16+,17+,18+/m1/s1. The van der Waals surface area contributed by atoms with E-state index >= 15 is 0 Å². The van der Waals surface area contributed by atoms with Crippen LogP contribution in [-0.4, -0.2) is 16.3 Å². The lowest BCUT2D eigenvalue weighted by molar-refractivity contribution is -0.0311. The van der Waals surface area contributed by atoms with Crippen molar-refractivity contribution in [1.29, 1.82) is 0 Å². The van der Waals surface area contributed by atoms with Crippen molar-refractivity contribution in [3.63, 3.8) is 0 Å². The molecular weight excluding hydrogens is 248 g/mol. The first kappa shape index (κ1) is 12.9. The lowest BCUT2D eigenvalue weighted by atomic mass is 9.54. The number of aliphatic hydroxyl groups is 2. The van der Waals surface area contributed by atoms with E-state index in [0.717, 1.165) is 43.4 Å². The van der Waals surface area contributed by atoms with Crippen LogP contribution in [0.15, 0.2) is 23.0 Å². The summed E-state index contributed by atoms with van der Waals surface area (Å²) in [7, 11) is 0. The first-order valence-corrected chi connectivity index (χ1v) is 8.39. The molecule has 0 amide bonds. The smallest absolute Gasteiger partial charge is 0.0928 e. The Balaban J connectivity index is 1.67. The average Bonchev–Trinajstić information content (AvgIpc) is 2.74. The van der Waals surface area contributed by atoms with Crippen molar-refractivity contribution in [2.45, 2.75) is 64.4 Å². The lowest BCUT2D eigenvalue weighted by Gasteiger charge is -2.51. The number of hydrogen-bond acceptors (Lipinski definition) is 2. The maximum absolute atomic E-state index is 10.4. The van der Waals surface area contributed by atoms with Gasteiger partial charge in [-0.3, -0.25) is 0 Å². The molecule has 4 aliphatic rings. The molecule has 0 aromatic heterocycles. The highest BCUT2D eigenvalue weighted by atomic mass is 16.3. The molecule has 110 valence electrons. The van der Waals surface area contributed by atoms with E-state index in [4.69, 9.17) is 0 Å². The molecule has 0 unspecified atom stereocenters. The van der Waals surface area contributed by atoms with Gasteiger partial charge in [-0.05, 0) is 79.8 Å². The van der Waals surface area contributed by atoms with Crippen LogP contribution < -0.4 is 0 Å². The zero-order valence-corrected chi connectivity index (χ0v) is 12.4. The molecule has 20 heavy (non-hydrogen) atoms. The van der Waals surface area contributed by atoms with Gasteiger partial charge in [-0.1, -0.05) is 12.5 Å². The number of aliphatic hydroxyl groups excluding tert-OH is 2. The van der Waals surface area contributed by atoms with E-state index in [1.165, 1.54) is 31.3 Å². The summed E-state index contributed by atoms with van der Waals surface area (Å²) < 4.78 is 0. The molecular formula is C18H26O2. The first-order chi connectivity index (χ1) is 9.59. The fraction of sp³-hybridized carbons (Fsp3) is 0.778. The van der Waals surface area contributed by atoms with E-state index in [2.05, 4.69) is 6.92 Å². The fourth-order valence-electron chi connectivity index (χ4n) is 5.86. The molecule has 0 spiro atoms. The molecule has 4 aliphatic carbocycles. The Morgan fingerprint density at radius 3 is 2.80 bits per heavy atom. The van der Waals surface area contributed by atoms with E-state index in [9.17, 15) is 10.2 Å². The van der Waals surface area contributed by atoms with Gasteiger partial charge in [-0.2, -0.15) is 0 Å². The minimum Gasteiger partial charge on any atom is -0.512 e. The highest BCUT2D eigenvalue weighted by Crippen LogP contribution is 2.60. The summed E-state index contributed by atoms with van der Waals surface area (Å²) in [6, 6.07) is 0. The van der Waals surface area contributed by atoms with Crippen molar-refractivity contribution in [2.75, 3.05) is 0 Å². The Labute approximate surface area is 121 Å². The maximum atomic E-state index is 10.4. The van der Waals surface area contributed by atoms with Gasteiger partial charge in [-0.25, -0.2) is 0 Å². The highest BCUT2D eigenvalue weighted by molar-refractivity contribution is 5.36. The van der Waals surface area contributed by atoms with Crippen LogP contribution in [0.25, 0.3) is 0 Å². The Hall–Kier alpha value is -0.760. The van der Waals surface area contributed by atoms with Gasteiger partial charge in [0.25, 0.3) is 0 Å². The molecule has 0 bridgehead atoms. The Bertz CT molecular complexity index is 490. The van der Waals surface area contributed by atoms with Gasteiger partial charge in [0, 0.05) is 6.42 Å². The van der Waals surface area contributed by atoms with Crippen molar-refractivity contribution < 1.29 is 10.2 Å². The fourth-order valence-corrected chi connectivity index (χ4v) is 5.86. The van der Waals surface area contributed by atoms with Crippen LogP contribution in [0.3, 0.4) is 0 Å². The Morgan fingerprint density at radius 2 is 1.95 bits per heavy atom. The van der Waals surface area contributed by atoms with Crippen LogP contribution in [0, 0.1) is 23.2 Å². The second-order valence-corrected chi connectivity index (χ2v) is 7.74. The Morgan fingerprint density at radius 1 is 1.10 bits per heavy atom. The molecule has 0 radical (unpaired) electrons. The quantitative estimate of drug-likeness (QED) is 0.697. The van der Waals surface area contributed by atoms with Gasteiger partial charge in [0.1, 0.15) is 0 Å². The lowest BCUT2D eigenvalue weighted by Crippen LogP contribution is -2.45. The topological polar surface area (TPSA) is 40.5 Å². The van der Waals surface area contributed by atoms with Gasteiger partial charge < -0.3 is 10.2 Å². The number of hydrogen-bond donors (Lipinski definition) is 2.